The number of nitrogens with one attached hydrogen (secondary N) is 2. The molecule has 2 rings (SSSR count). The number of amides is 1. The number of hydrogen-bond donors (Lipinski definition) is 3. The molecule has 98 valence electrons. The van der Waals surface area contributed by atoms with E-state index in [1.807, 2.05) is 17.5 Å². The third-order valence-electron chi connectivity index (χ3n) is 2.49. The number of aromatic amines is 1. The summed E-state index contributed by atoms with van der Waals surface area (Å²) in [5, 5.41) is 13.5. The molecule has 0 fully saturated rings. The van der Waals surface area contributed by atoms with E-state index in [0.717, 1.165) is 4.88 Å². The van der Waals surface area contributed by atoms with Crippen LogP contribution >= 0.6 is 11.3 Å². The first-order chi connectivity index (χ1) is 9.08. The van der Waals surface area contributed by atoms with E-state index in [-0.39, 0.29) is 17.2 Å². The number of thiophene rings is 1. The van der Waals surface area contributed by atoms with E-state index in [4.69, 9.17) is 5.11 Å². The first-order valence-electron chi connectivity index (χ1n) is 5.52. The zero-order chi connectivity index (χ0) is 13.8. The van der Waals surface area contributed by atoms with Gasteiger partial charge in [-0.2, -0.15) is 0 Å². The summed E-state index contributed by atoms with van der Waals surface area (Å²) in [6.07, 6.45) is 4.52. The van der Waals surface area contributed by atoms with Crippen LogP contribution in [-0.2, 0) is 4.79 Å². The van der Waals surface area contributed by atoms with Crippen molar-refractivity contribution in [3.05, 3.63) is 45.9 Å². The van der Waals surface area contributed by atoms with Gasteiger partial charge in [-0.1, -0.05) is 6.07 Å². The normalized spacial score (nSPS) is 10.8. The van der Waals surface area contributed by atoms with Crippen molar-refractivity contribution in [1.82, 2.24) is 4.98 Å². The van der Waals surface area contributed by atoms with E-state index < -0.39 is 5.97 Å². The molecule has 0 bridgehead atoms. The minimum Gasteiger partial charge on any atom is -0.478 e. The highest BCUT2D eigenvalue weighted by molar-refractivity contribution is 7.10. The van der Waals surface area contributed by atoms with Gasteiger partial charge in [0.1, 0.15) is 5.56 Å². The predicted molar refractivity (Wildman–Crippen MR) is 74.5 cm³/mol. The number of carboxylic acids is 1. The van der Waals surface area contributed by atoms with Gasteiger partial charge in [0, 0.05) is 22.8 Å². The number of hydrogen-bond acceptors (Lipinski definition) is 3. The van der Waals surface area contributed by atoms with Gasteiger partial charge < -0.3 is 15.4 Å². The molecule has 0 aliphatic rings. The largest absolute Gasteiger partial charge is 0.478 e. The van der Waals surface area contributed by atoms with Crippen LogP contribution < -0.4 is 5.32 Å². The molecule has 5 nitrogen and oxygen atoms in total. The number of rotatable bonds is 4. The van der Waals surface area contributed by atoms with Crippen LogP contribution in [0.1, 0.15) is 20.9 Å². The summed E-state index contributed by atoms with van der Waals surface area (Å²) in [5.41, 5.74) is 0.855. The zero-order valence-corrected chi connectivity index (χ0v) is 11.0. The van der Waals surface area contributed by atoms with Crippen molar-refractivity contribution in [2.75, 3.05) is 5.32 Å². The third-order valence-corrected chi connectivity index (χ3v) is 3.33. The van der Waals surface area contributed by atoms with Gasteiger partial charge in [0.25, 0.3) is 0 Å². The predicted octanol–water partition coefficient (Wildman–Crippen LogP) is 2.73. The topological polar surface area (TPSA) is 82.2 Å². The van der Waals surface area contributed by atoms with Crippen LogP contribution in [0.3, 0.4) is 0 Å². The molecular weight excluding hydrogens is 264 g/mol. The van der Waals surface area contributed by atoms with E-state index in [1.54, 1.807) is 13.0 Å². The van der Waals surface area contributed by atoms with Crippen LogP contribution in [-0.4, -0.2) is 22.0 Å². The fourth-order valence-electron chi connectivity index (χ4n) is 1.62. The number of anilines is 1. The second-order valence-corrected chi connectivity index (χ2v) is 4.82. The first kappa shape index (κ1) is 13.1. The van der Waals surface area contributed by atoms with Gasteiger partial charge in [-0.05, 0) is 24.4 Å². The van der Waals surface area contributed by atoms with Crippen LogP contribution in [0.4, 0.5) is 5.69 Å². The Morgan fingerprint density at radius 3 is 2.89 bits per heavy atom. The molecule has 3 N–H and O–H groups in total. The van der Waals surface area contributed by atoms with Gasteiger partial charge in [-0.15, -0.1) is 11.3 Å². The molecule has 0 atom stereocenters. The Bertz CT molecular complexity index is 626. The standard InChI is InChI=1S/C13H12N2O3S/c1-8-12(13(17)18)10(7-14-8)15-11(16)5-4-9-3-2-6-19-9/h2-7,14H,1H3,(H,15,16)(H,17,18)/b5-4+. The van der Waals surface area contributed by atoms with E-state index in [9.17, 15) is 9.59 Å². The lowest BCUT2D eigenvalue weighted by Gasteiger charge is -2.01. The average molecular weight is 276 g/mol. The second kappa shape index (κ2) is 5.53. The van der Waals surface area contributed by atoms with Crippen LogP contribution in [0.2, 0.25) is 0 Å². The van der Waals surface area contributed by atoms with Gasteiger partial charge in [0.05, 0.1) is 5.69 Å². The van der Waals surface area contributed by atoms with Gasteiger partial charge in [-0.25, -0.2) is 4.79 Å². The number of carbonyl (C=O) groups is 2. The number of aromatic carboxylic acids is 1. The van der Waals surface area contributed by atoms with Crippen molar-refractivity contribution in [1.29, 1.82) is 0 Å². The molecule has 1 amide bonds. The summed E-state index contributed by atoms with van der Waals surface area (Å²) in [6.45, 7) is 1.64. The SMILES string of the molecule is Cc1[nH]cc(NC(=O)/C=C/c2cccs2)c1C(=O)O. The Morgan fingerprint density at radius 2 is 2.26 bits per heavy atom. The maximum atomic E-state index is 11.7. The average Bonchev–Trinajstić information content (AvgIpc) is 2.96. The summed E-state index contributed by atoms with van der Waals surface area (Å²) in [4.78, 5) is 26.5. The van der Waals surface area contributed by atoms with Crippen molar-refractivity contribution in [3.63, 3.8) is 0 Å². The highest BCUT2D eigenvalue weighted by Gasteiger charge is 2.16. The van der Waals surface area contributed by atoms with Crippen LogP contribution in [0.15, 0.2) is 29.8 Å². The minimum absolute atomic E-state index is 0.0814. The molecule has 2 aromatic heterocycles. The number of carbonyl (C=O) groups excluding carboxylic acids is 1. The molecule has 0 saturated carbocycles. The van der Waals surface area contributed by atoms with E-state index in [0.29, 0.717) is 5.69 Å². The Morgan fingerprint density at radius 1 is 1.47 bits per heavy atom. The molecule has 0 aromatic carbocycles. The number of H-pyrrole nitrogens is 1. The van der Waals surface area contributed by atoms with Crippen molar-refractivity contribution in [3.8, 4) is 0 Å². The zero-order valence-electron chi connectivity index (χ0n) is 10.1. The maximum Gasteiger partial charge on any atom is 0.339 e. The minimum atomic E-state index is -1.07. The lowest BCUT2D eigenvalue weighted by Crippen LogP contribution is -2.10. The van der Waals surface area contributed by atoms with Crippen molar-refractivity contribution in [2.24, 2.45) is 0 Å². The smallest absolute Gasteiger partial charge is 0.339 e. The van der Waals surface area contributed by atoms with Crippen LogP contribution in [0, 0.1) is 6.92 Å². The van der Waals surface area contributed by atoms with E-state index >= 15 is 0 Å². The molecule has 2 aromatic rings. The molecule has 0 radical (unpaired) electrons. The van der Waals surface area contributed by atoms with Crippen LogP contribution in [0.25, 0.3) is 6.08 Å². The lowest BCUT2D eigenvalue weighted by atomic mass is 10.2. The Kier molecular flexibility index (Phi) is 3.82. The summed E-state index contributed by atoms with van der Waals surface area (Å²) in [7, 11) is 0. The first-order valence-corrected chi connectivity index (χ1v) is 6.39. The monoisotopic (exact) mass is 276 g/mol. The molecule has 0 spiro atoms. The Labute approximate surface area is 113 Å². The summed E-state index contributed by atoms with van der Waals surface area (Å²) < 4.78 is 0. The second-order valence-electron chi connectivity index (χ2n) is 3.85. The highest BCUT2D eigenvalue weighted by Crippen LogP contribution is 2.19. The maximum absolute atomic E-state index is 11.7. The van der Waals surface area contributed by atoms with Gasteiger partial charge in [0.15, 0.2) is 0 Å². The van der Waals surface area contributed by atoms with E-state index in [1.165, 1.54) is 23.6 Å². The van der Waals surface area contributed by atoms with Gasteiger partial charge in [-0.3, -0.25) is 4.79 Å². The molecule has 0 unspecified atom stereocenters. The van der Waals surface area contributed by atoms with Crippen molar-refractivity contribution in [2.45, 2.75) is 6.92 Å². The lowest BCUT2D eigenvalue weighted by molar-refractivity contribution is -0.111. The molecule has 2 heterocycles. The van der Waals surface area contributed by atoms with Gasteiger partial charge >= 0.3 is 5.97 Å². The molecule has 0 aliphatic heterocycles. The molecule has 19 heavy (non-hydrogen) atoms. The number of carboxylic acid groups (broad SMARTS) is 1. The summed E-state index contributed by atoms with van der Waals surface area (Å²) in [6, 6.07) is 3.78. The Hall–Kier alpha value is -2.34. The number of aromatic nitrogens is 1. The fourth-order valence-corrected chi connectivity index (χ4v) is 2.24. The van der Waals surface area contributed by atoms with Gasteiger partial charge in [0.2, 0.25) is 5.91 Å². The fraction of sp³-hybridized carbons (Fsp3) is 0.0769. The van der Waals surface area contributed by atoms with E-state index in [2.05, 4.69) is 10.3 Å². The summed E-state index contributed by atoms with van der Waals surface area (Å²) in [5.74, 6) is -1.44. The summed E-state index contributed by atoms with van der Waals surface area (Å²) >= 11 is 1.52. The highest BCUT2D eigenvalue weighted by atomic mass is 32.1. The van der Waals surface area contributed by atoms with Crippen molar-refractivity contribution < 1.29 is 14.7 Å². The quantitative estimate of drug-likeness (QED) is 0.751. The van der Waals surface area contributed by atoms with Crippen molar-refractivity contribution >= 4 is 35.0 Å². The van der Waals surface area contributed by atoms with Crippen LogP contribution in [0.5, 0.6) is 0 Å². The molecule has 0 aliphatic carbocycles. The third kappa shape index (κ3) is 3.11. The Balaban J connectivity index is 2.09. The molecule has 6 heteroatoms. The number of aryl methyl sites for hydroxylation is 1. The molecule has 0 saturated heterocycles. The molecular formula is C13H12N2O3S.